The Morgan fingerprint density at radius 1 is 1.33 bits per heavy atom. The minimum absolute atomic E-state index is 0.239. The Hall–Kier alpha value is -1.63. The van der Waals surface area contributed by atoms with Crippen molar-refractivity contribution >= 4 is 5.69 Å². The molecular weight excluding hydrogens is 234 g/mol. The zero-order valence-corrected chi connectivity index (χ0v) is 10.6. The fourth-order valence-electron chi connectivity index (χ4n) is 2.63. The van der Waals surface area contributed by atoms with Gasteiger partial charge in [0.25, 0.3) is 0 Å². The van der Waals surface area contributed by atoms with Gasteiger partial charge in [-0.2, -0.15) is 5.26 Å². The Labute approximate surface area is 106 Å². The predicted molar refractivity (Wildman–Crippen MR) is 66.3 cm³/mol. The Balaban J connectivity index is 2.40. The van der Waals surface area contributed by atoms with Gasteiger partial charge in [-0.25, -0.2) is 8.78 Å². The van der Waals surface area contributed by atoms with Gasteiger partial charge in [-0.1, -0.05) is 13.8 Å². The Morgan fingerprint density at radius 3 is 2.67 bits per heavy atom. The number of hydrogen-bond acceptors (Lipinski definition) is 2. The highest BCUT2D eigenvalue weighted by molar-refractivity contribution is 5.53. The topological polar surface area (TPSA) is 27.0 Å². The summed E-state index contributed by atoms with van der Waals surface area (Å²) in [6.45, 7) is 4.91. The van der Waals surface area contributed by atoms with Gasteiger partial charge in [0.15, 0.2) is 11.6 Å². The molecule has 1 atom stereocenters. The van der Waals surface area contributed by atoms with Crippen LogP contribution in [0.15, 0.2) is 12.1 Å². The van der Waals surface area contributed by atoms with Crippen LogP contribution in [0.1, 0.15) is 32.3 Å². The van der Waals surface area contributed by atoms with Gasteiger partial charge < -0.3 is 4.90 Å². The summed E-state index contributed by atoms with van der Waals surface area (Å²) in [4.78, 5) is 1.92. The second kappa shape index (κ2) is 4.93. The van der Waals surface area contributed by atoms with Crippen LogP contribution in [0.4, 0.5) is 14.5 Å². The van der Waals surface area contributed by atoms with Crippen LogP contribution in [0.3, 0.4) is 0 Å². The molecule has 0 N–H and O–H groups in total. The number of hydrogen-bond donors (Lipinski definition) is 0. The van der Waals surface area contributed by atoms with Crippen molar-refractivity contribution in [1.29, 1.82) is 5.26 Å². The molecule has 1 saturated heterocycles. The molecule has 1 aromatic carbocycles. The van der Waals surface area contributed by atoms with E-state index in [0.29, 0.717) is 5.92 Å². The third-order valence-corrected chi connectivity index (χ3v) is 3.56. The van der Waals surface area contributed by atoms with Crippen LogP contribution in [0.5, 0.6) is 0 Å². The van der Waals surface area contributed by atoms with E-state index in [9.17, 15) is 8.78 Å². The zero-order chi connectivity index (χ0) is 13.3. The van der Waals surface area contributed by atoms with E-state index in [2.05, 4.69) is 13.8 Å². The lowest BCUT2D eigenvalue weighted by molar-refractivity contribution is 0.472. The molecule has 96 valence electrons. The van der Waals surface area contributed by atoms with Crippen LogP contribution in [-0.4, -0.2) is 12.6 Å². The summed E-state index contributed by atoms with van der Waals surface area (Å²) in [6.07, 6.45) is 1.99. The lowest BCUT2D eigenvalue weighted by Crippen LogP contribution is -2.34. The van der Waals surface area contributed by atoms with Crippen LogP contribution in [-0.2, 0) is 0 Å². The van der Waals surface area contributed by atoms with Crippen LogP contribution < -0.4 is 4.90 Å². The van der Waals surface area contributed by atoms with Crippen molar-refractivity contribution in [3.8, 4) is 6.07 Å². The summed E-state index contributed by atoms with van der Waals surface area (Å²) in [5, 5.41) is 8.67. The highest BCUT2D eigenvalue weighted by Gasteiger charge is 2.30. The maximum Gasteiger partial charge on any atom is 0.183 e. The van der Waals surface area contributed by atoms with Gasteiger partial charge in [-0.05, 0) is 30.9 Å². The highest BCUT2D eigenvalue weighted by atomic mass is 19.2. The van der Waals surface area contributed by atoms with E-state index in [0.717, 1.165) is 19.4 Å². The first-order chi connectivity index (χ1) is 8.56. The summed E-state index contributed by atoms with van der Waals surface area (Å²) in [5.74, 6) is -1.54. The van der Waals surface area contributed by atoms with E-state index >= 15 is 0 Å². The number of halogens is 2. The third-order valence-electron chi connectivity index (χ3n) is 3.56. The maximum absolute atomic E-state index is 14.0. The molecule has 0 saturated carbocycles. The van der Waals surface area contributed by atoms with Crippen molar-refractivity contribution in [3.05, 3.63) is 29.3 Å². The molecule has 0 aromatic heterocycles. The Bertz CT molecular complexity index is 491. The van der Waals surface area contributed by atoms with E-state index in [1.54, 1.807) is 6.07 Å². The highest BCUT2D eigenvalue weighted by Crippen LogP contribution is 2.32. The van der Waals surface area contributed by atoms with Crippen LogP contribution in [0.2, 0.25) is 0 Å². The van der Waals surface area contributed by atoms with Crippen LogP contribution >= 0.6 is 0 Å². The van der Waals surface area contributed by atoms with E-state index in [1.807, 2.05) is 4.90 Å². The normalized spacial score (nSPS) is 19.3. The van der Waals surface area contributed by atoms with Gasteiger partial charge >= 0.3 is 0 Å². The van der Waals surface area contributed by atoms with E-state index in [4.69, 9.17) is 5.26 Å². The minimum atomic E-state index is -1.04. The van der Waals surface area contributed by atoms with Crippen molar-refractivity contribution in [2.24, 2.45) is 5.92 Å². The zero-order valence-electron chi connectivity index (χ0n) is 10.6. The molecule has 1 aromatic rings. The molecule has 0 bridgehead atoms. The number of anilines is 1. The summed E-state index contributed by atoms with van der Waals surface area (Å²) in [6, 6.07) is 4.76. The van der Waals surface area contributed by atoms with Crippen LogP contribution in [0.25, 0.3) is 0 Å². The second-order valence-electron chi connectivity index (χ2n) is 5.02. The van der Waals surface area contributed by atoms with Gasteiger partial charge in [-0.15, -0.1) is 0 Å². The molecule has 0 spiro atoms. The number of rotatable bonds is 2. The van der Waals surface area contributed by atoms with Gasteiger partial charge in [-0.3, -0.25) is 0 Å². The standard InChI is InChI=1S/C14H16F2N2/c1-9(2)11-4-3-7-18(11)12-6-5-10(8-17)13(15)14(12)16/h5-6,9,11H,3-4,7H2,1-2H3. The summed E-state index contributed by atoms with van der Waals surface area (Å²) in [5.41, 5.74) is 0.0410. The molecule has 4 heteroatoms. The molecule has 2 rings (SSSR count). The molecule has 2 nitrogen and oxygen atoms in total. The number of nitrogens with zero attached hydrogens (tertiary/aromatic N) is 2. The third kappa shape index (κ3) is 2.05. The van der Waals surface area contributed by atoms with Gasteiger partial charge in [0.1, 0.15) is 6.07 Å². The molecule has 1 unspecified atom stereocenters. The Morgan fingerprint density at radius 2 is 2.06 bits per heavy atom. The van der Waals surface area contributed by atoms with E-state index < -0.39 is 11.6 Å². The lowest BCUT2D eigenvalue weighted by Gasteiger charge is -2.30. The van der Waals surface area contributed by atoms with Crippen molar-refractivity contribution in [2.45, 2.75) is 32.7 Å². The molecule has 0 radical (unpaired) electrons. The van der Waals surface area contributed by atoms with Gasteiger partial charge in [0.2, 0.25) is 0 Å². The smallest absolute Gasteiger partial charge is 0.183 e. The van der Waals surface area contributed by atoms with Crippen molar-refractivity contribution in [1.82, 2.24) is 0 Å². The first-order valence-electron chi connectivity index (χ1n) is 6.21. The quantitative estimate of drug-likeness (QED) is 0.803. The monoisotopic (exact) mass is 250 g/mol. The fourth-order valence-corrected chi connectivity index (χ4v) is 2.63. The SMILES string of the molecule is CC(C)C1CCCN1c1ccc(C#N)c(F)c1F. The maximum atomic E-state index is 14.0. The Kier molecular flexibility index (Phi) is 3.51. The largest absolute Gasteiger partial charge is 0.366 e. The minimum Gasteiger partial charge on any atom is -0.366 e. The molecule has 1 heterocycles. The lowest BCUT2D eigenvalue weighted by atomic mass is 10.0. The molecule has 18 heavy (non-hydrogen) atoms. The summed E-state index contributed by atoms with van der Waals surface area (Å²) < 4.78 is 27.6. The van der Waals surface area contributed by atoms with E-state index in [1.165, 1.54) is 12.1 Å². The van der Waals surface area contributed by atoms with Crippen molar-refractivity contribution < 1.29 is 8.78 Å². The number of nitriles is 1. The molecular formula is C14H16F2N2. The van der Waals surface area contributed by atoms with Gasteiger partial charge in [0.05, 0.1) is 11.3 Å². The molecule has 1 aliphatic heterocycles. The molecule has 0 aliphatic carbocycles. The second-order valence-corrected chi connectivity index (χ2v) is 5.02. The van der Waals surface area contributed by atoms with Gasteiger partial charge in [0, 0.05) is 12.6 Å². The summed E-state index contributed by atoms with van der Waals surface area (Å²) in [7, 11) is 0. The first kappa shape index (κ1) is 12.8. The fraction of sp³-hybridized carbons (Fsp3) is 0.500. The van der Waals surface area contributed by atoms with Crippen molar-refractivity contribution in [3.63, 3.8) is 0 Å². The number of benzene rings is 1. The average Bonchev–Trinajstić information content (AvgIpc) is 2.81. The molecule has 0 amide bonds. The molecule has 1 aliphatic rings. The summed E-state index contributed by atoms with van der Waals surface area (Å²) >= 11 is 0. The predicted octanol–water partition coefficient (Wildman–Crippen LogP) is 3.46. The average molecular weight is 250 g/mol. The first-order valence-corrected chi connectivity index (χ1v) is 6.21. The van der Waals surface area contributed by atoms with E-state index in [-0.39, 0.29) is 17.3 Å². The molecule has 1 fully saturated rings. The van der Waals surface area contributed by atoms with Crippen LogP contribution in [0, 0.1) is 28.9 Å². The van der Waals surface area contributed by atoms with Crippen molar-refractivity contribution in [2.75, 3.05) is 11.4 Å².